The molecule has 5 rings (SSSR count). The van der Waals surface area contributed by atoms with Crippen LogP contribution in [0.25, 0.3) is 10.9 Å². The lowest BCUT2D eigenvalue weighted by Gasteiger charge is -2.38. The highest BCUT2D eigenvalue weighted by Crippen LogP contribution is 2.35. The molecule has 0 saturated carbocycles. The number of fused-ring (bicyclic) bond motifs is 2. The number of halogens is 1. The highest BCUT2D eigenvalue weighted by Gasteiger charge is 2.34. The number of anilines is 1. The molecule has 1 aromatic heterocycles. The van der Waals surface area contributed by atoms with E-state index in [4.69, 9.17) is 21.1 Å². The standard InChI is InChI=1S/C23H22ClN3O3/c24-22-17(13-16-5-1-2-6-18(16)25-22)14-27-15-21(23(28)26-9-11-29-12-10-26)30-20-8-4-3-7-19(20)27/h1-8,13,21H,9-12,14-15H2. The van der Waals surface area contributed by atoms with Crippen LogP contribution in [0.1, 0.15) is 5.56 Å². The number of para-hydroxylation sites is 3. The number of pyridine rings is 1. The molecule has 1 atom stereocenters. The maximum Gasteiger partial charge on any atom is 0.265 e. The molecule has 3 heterocycles. The second-order valence-corrected chi connectivity index (χ2v) is 7.88. The fourth-order valence-electron chi connectivity index (χ4n) is 4.03. The Kier molecular flexibility index (Phi) is 5.19. The largest absolute Gasteiger partial charge is 0.477 e. The summed E-state index contributed by atoms with van der Waals surface area (Å²) >= 11 is 6.51. The molecule has 2 aliphatic rings. The highest BCUT2D eigenvalue weighted by atomic mass is 35.5. The van der Waals surface area contributed by atoms with Gasteiger partial charge in [0, 0.05) is 30.6 Å². The Hall–Kier alpha value is -2.83. The third-order valence-electron chi connectivity index (χ3n) is 5.57. The molecule has 0 N–H and O–H groups in total. The van der Waals surface area contributed by atoms with E-state index in [9.17, 15) is 4.79 Å². The zero-order valence-corrected chi connectivity index (χ0v) is 17.2. The first-order valence-electron chi connectivity index (χ1n) is 10.1. The van der Waals surface area contributed by atoms with E-state index < -0.39 is 6.10 Å². The molecule has 154 valence electrons. The van der Waals surface area contributed by atoms with E-state index in [2.05, 4.69) is 16.0 Å². The van der Waals surface area contributed by atoms with Gasteiger partial charge in [0.1, 0.15) is 10.9 Å². The first-order valence-corrected chi connectivity index (χ1v) is 10.5. The fourth-order valence-corrected chi connectivity index (χ4v) is 4.23. The molecular formula is C23H22ClN3O3. The van der Waals surface area contributed by atoms with Crippen molar-refractivity contribution in [1.29, 1.82) is 0 Å². The van der Waals surface area contributed by atoms with E-state index in [1.807, 2.05) is 53.4 Å². The van der Waals surface area contributed by atoms with Gasteiger partial charge in [-0.25, -0.2) is 4.98 Å². The monoisotopic (exact) mass is 423 g/mol. The van der Waals surface area contributed by atoms with Crippen molar-refractivity contribution in [3.63, 3.8) is 0 Å². The Morgan fingerprint density at radius 1 is 1.10 bits per heavy atom. The number of aromatic nitrogens is 1. The van der Waals surface area contributed by atoms with Gasteiger partial charge in [-0.2, -0.15) is 0 Å². The first kappa shape index (κ1) is 19.2. The zero-order valence-electron chi connectivity index (χ0n) is 16.5. The predicted molar refractivity (Wildman–Crippen MR) is 116 cm³/mol. The number of amides is 1. The Bertz CT molecular complexity index is 1080. The van der Waals surface area contributed by atoms with Gasteiger partial charge in [-0.3, -0.25) is 4.79 Å². The average Bonchev–Trinajstić information content (AvgIpc) is 2.79. The lowest BCUT2D eigenvalue weighted by atomic mass is 10.1. The number of morpholine rings is 1. The molecule has 1 amide bonds. The second-order valence-electron chi connectivity index (χ2n) is 7.52. The van der Waals surface area contributed by atoms with Gasteiger partial charge in [0.15, 0.2) is 6.10 Å². The molecule has 1 fully saturated rings. The van der Waals surface area contributed by atoms with Gasteiger partial charge in [-0.15, -0.1) is 0 Å². The van der Waals surface area contributed by atoms with Gasteiger partial charge in [-0.1, -0.05) is 41.9 Å². The van der Waals surface area contributed by atoms with E-state index in [1.165, 1.54) is 0 Å². The Labute approximate surface area is 180 Å². The molecule has 2 aromatic carbocycles. The van der Waals surface area contributed by atoms with Crippen LogP contribution in [0.4, 0.5) is 5.69 Å². The molecule has 7 heteroatoms. The third kappa shape index (κ3) is 3.68. The normalized spacial score (nSPS) is 18.8. The van der Waals surface area contributed by atoms with Crippen LogP contribution in [0, 0.1) is 0 Å². The van der Waals surface area contributed by atoms with E-state index in [0.29, 0.717) is 50.3 Å². The molecule has 0 spiro atoms. The summed E-state index contributed by atoms with van der Waals surface area (Å²) < 4.78 is 11.5. The number of hydrogen-bond acceptors (Lipinski definition) is 5. The van der Waals surface area contributed by atoms with Crippen LogP contribution in [0.2, 0.25) is 5.15 Å². The summed E-state index contributed by atoms with van der Waals surface area (Å²) in [6.45, 7) is 3.33. The van der Waals surface area contributed by atoms with Crippen molar-refractivity contribution >= 4 is 34.1 Å². The van der Waals surface area contributed by atoms with Gasteiger partial charge in [-0.05, 0) is 24.3 Å². The Morgan fingerprint density at radius 3 is 2.73 bits per heavy atom. The lowest BCUT2D eigenvalue weighted by molar-refractivity contribution is -0.142. The van der Waals surface area contributed by atoms with Crippen molar-refractivity contribution in [3.8, 4) is 5.75 Å². The van der Waals surface area contributed by atoms with Crippen molar-refractivity contribution < 1.29 is 14.3 Å². The molecule has 0 radical (unpaired) electrons. The topological polar surface area (TPSA) is 54.9 Å². The summed E-state index contributed by atoms with van der Waals surface area (Å²) in [5.41, 5.74) is 2.74. The van der Waals surface area contributed by atoms with E-state index in [-0.39, 0.29) is 5.91 Å². The smallest absolute Gasteiger partial charge is 0.265 e. The van der Waals surface area contributed by atoms with Crippen LogP contribution < -0.4 is 9.64 Å². The molecule has 0 bridgehead atoms. The minimum atomic E-state index is -0.565. The fraction of sp³-hybridized carbons (Fsp3) is 0.304. The number of nitrogens with zero attached hydrogens (tertiary/aromatic N) is 3. The average molecular weight is 424 g/mol. The predicted octanol–water partition coefficient (Wildman–Crippen LogP) is 3.51. The van der Waals surface area contributed by atoms with Crippen LogP contribution in [0.5, 0.6) is 5.75 Å². The third-order valence-corrected chi connectivity index (χ3v) is 5.90. The summed E-state index contributed by atoms with van der Waals surface area (Å²) in [4.78, 5) is 21.6. The number of carbonyl (C=O) groups is 1. The summed E-state index contributed by atoms with van der Waals surface area (Å²) in [5.74, 6) is 0.709. The van der Waals surface area contributed by atoms with Gasteiger partial charge >= 0.3 is 0 Å². The SMILES string of the molecule is O=C(C1CN(Cc2cc3ccccc3nc2Cl)c2ccccc2O1)N1CCOCC1. The first-order chi connectivity index (χ1) is 14.7. The maximum atomic E-state index is 13.1. The molecule has 3 aromatic rings. The van der Waals surface area contributed by atoms with E-state index in [1.54, 1.807) is 0 Å². The minimum Gasteiger partial charge on any atom is -0.477 e. The molecule has 2 aliphatic heterocycles. The highest BCUT2D eigenvalue weighted by molar-refractivity contribution is 6.30. The Morgan fingerprint density at radius 2 is 1.87 bits per heavy atom. The van der Waals surface area contributed by atoms with Crippen molar-refractivity contribution in [2.45, 2.75) is 12.6 Å². The van der Waals surface area contributed by atoms with Crippen LogP contribution in [0.15, 0.2) is 54.6 Å². The minimum absolute atomic E-state index is 0.000497. The van der Waals surface area contributed by atoms with Crippen molar-refractivity contribution in [2.75, 3.05) is 37.7 Å². The number of ether oxygens (including phenoxy) is 2. The van der Waals surface area contributed by atoms with Crippen molar-refractivity contribution in [1.82, 2.24) is 9.88 Å². The summed E-state index contributed by atoms with van der Waals surface area (Å²) in [5, 5.41) is 1.52. The second kappa shape index (κ2) is 8.13. The molecule has 1 saturated heterocycles. The molecule has 0 aliphatic carbocycles. The summed E-state index contributed by atoms with van der Waals surface area (Å²) in [6, 6.07) is 17.8. The molecular weight excluding hydrogens is 402 g/mol. The van der Waals surface area contributed by atoms with Crippen molar-refractivity contribution in [2.24, 2.45) is 0 Å². The van der Waals surface area contributed by atoms with E-state index in [0.717, 1.165) is 22.2 Å². The van der Waals surface area contributed by atoms with Crippen LogP contribution >= 0.6 is 11.6 Å². The van der Waals surface area contributed by atoms with Crippen LogP contribution in [-0.2, 0) is 16.1 Å². The lowest BCUT2D eigenvalue weighted by Crippen LogP contribution is -2.52. The van der Waals surface area contributed by atoms with E-state index >= 15 is 0 Å². The number of rotatable bonds is 3. The molecule has 1 unspecified atom stereocenters. The maximum absolute atomic E-state index is 13.1. The van der Waals surface area contributed by atoms with Gasteiger partial charge < -0.3 is 19.3 Å². The number of benzene rings is 2. The van der Waals surface area contributed by atoms with Crippen molar-refractivity contribution in [3.05, 3.63) is 65.3 Å². The number of hydrogen-bond donors (Lipinski definition) is 0. The summed E-state index contributed by atoms with van der Waals surface area (Å²) in [6.07, 6.45) is -0.565. The zero-order chi connectivity index (χ0) is 20.5. The van der Waals surface area contributed by atoms with Gasteiger partial charge in [0.05, 0.1) is 31.0 Å². The Balaban J connectivity index is 1.44. The quantitative estimate of drug-likeness (QED) is 0.603. The number of carbonyl (C=O) groups excluding carboxylic acids is 1. The molecule has 30 heavy (non-hydrogen) atoms. The van der Waals surface area contributed by atoms with Gasteiger partial charge in [0.2, 0.25) is 0 Å². The summed E-state index contributed by atoms with van der Waals surface area (Å²) in [7, 11) is 0. The molecule has 6 nitrogen and oxygen atoms in total. The van der Waals surface area contributed by atoms with Crippen LogP contribution in [-0.4, -0.2) is 54.7 Å². The van der Waals surface area contributed by atoms with Crippen LogP contribution in [0.3, 0.4) is 0 Å². The van der Waals surface area contributed by atoms with Gasteiger partial charge in [0.25, 0.3) is 5.91 Å².